The Morgan fingerprint density at radius 3 is 2.38 bits per heavy atom. The first-order valence-corrected chi connectivity index (χ1v) is 10.7. The van der Waals surface area contributed by atoms with E-state index in [2.05, 4.69) is 25.9 Å². The van der Waals surface area contributed by atoms with Crippen molar-refractivity contribution in [1.82, 2.24) is 0 Å². The van der Waals surface area contributed by atoms with Crippen LogP contribution in [-0.4, -0.2) is 52.8 Å². The molecule has 0 heterocycles. The summed E-state index contributed by atoms with van der Waals surface area (Å²) in [5, 5.41) is 15.0. The van der Waals surface area contributed by atoms with E-state index in [1.54, 1.807) is 0 Å². The molecular formula is C24H34NNaO3. The van der Waals surface area contributed by atoms with Gasteiger partial charge in [-0.15, -0.1) is 0 Å². The van der Waals surface area contributed by atoms with Crippen molar-refractivity contribution in [2.75, 3.05) is 6.61 Å². The Bertz CT molecular complexity index is 854. The van der Waals surface area contributed by atoms with Gasteiger partial charge in [-0.2, -0.15) is 0 Å². The van der Waals surface area contributed by atoms with Crippen LogP contribution in [0.25, 0.3) is 0 Å². The third kappa shape index (κ3) is 4.65. The third-order valence-electron chi connectivity index (χ3n) is 6.45. The van der Waals surface area contributed by atoms with Gasteiger partial charge in [0.15, 0.2) is 5.78 Å². The van der Waals surface area contributed by atoms with Crippen molar-refractivity contribution in [3.8, 4) is 0 Å². The van der Waals surface area contributed by atoms with Crippen molar-refractivity contribution in [2.24, 2.45) is 5.16 Å². The molecule has 1 N–H and O–H groups in total. The molecule has 4 nitrogen and oxygen atoms in total. The number of Topliss-reactive ketones (excluding diaryl/α,β-unsaturated/α-hetero) is 1. The zero-order chi connectivity index (χ0) is 20.4. The summed E-state index contributed by atoms with van der Waals surface area (Å²) < 4.78 is 0. The number of aliphatic hydroxyl groups is 1. The quantitative estimate of drug-likeness (QED) is 0.414. The molecule has 0 aliphatic heterocycles. The fourth-order valence-corrected chi connectivity index (χ4v) is 4.96. The zero-order valence-corrected chi connectivity index (χ0v) is 17.9. The number of aliphatic hydroxyl groups excluding tert-OH is 1. The van der Waals surface area contributed by atoms with E-state index in [1.807, 2.05) is 13.8 Å². The molecule has 29 heavy (non-hydrogen) atoms. The minimum atomic E-state index is -0.00923. The second-order valence-corrected chi connectivity index (χ2v) is 8.16. The molecule has 1 atom stereocenters. The maximum absolute atomic E-state index is 13.1. The average molecular weight is 408 g/mol. The van der Waals surface area contributed by atoms with Gasteiger partial charge in [0, 0.05) is 12.8 Å². The molecule has 0 spiro atoms. The molecule has 1 aromatic rings. The van der Waals surface area contributed by atoms with Gasteiger partial charge in [-0.05, 0) is 92.7 Å². The van der Waals surface area contributed by atoms with Crippen LogP contribution in [0.5, 0.6) is 0 Å². The second-order valence-electron chi connectivity index (χ2n) is 8.16. The predicted octanol–water partition coefficient (Wildman–Crippen LogP) is 4.90. The Morgan fingerprint density at radius 1 is 1.07 bits per heavy atom. The molecule has 0 amide bonds. The summed E-state index contributed by atoms with van der Waals surface area (Å²) in [7, 11) is 0. The molecule has 0 saturated heterocycles. The Hall–Kier alpha value is -1.10. The van der Waals surface area contributed by atoms with Crippen LogP contribution >= 0.6 is 0 Å². The van der Waals surface area contributed by atoms with Crippen LogP contribution in [0.1, 0.15) is 85.3 Å². The van der Waals surface area contributed by atoms with Gasteiger partial charge >= 0.3 is 29.6 Å². The van der Waals surface area contributed by atoms with Gasteiger partial charge in [0.25, 0.3) is 0 Å². The number of rotatable bonds is 6. The Balaban J connectivity index is 0.00000300. The van der Waals surface area contributed by atoms with E-state index in [1.165, 1.54) is 39.8 Å². The number of nitrogens with zero attached hydrogens (tertiary/aromatic N) is 1. The van der Waals surface area contributed by atoms with E-state index in [0.29, 0.717) is 37.2 Å². The molecule has 0 fully saturated rings. The molecular weight excluding hydrogens is 373 g/mol. The summed E-state index contributed by atoms with van der Waals surface area (Å²) in [6, 6.07) is 0. The first-order chi connectivity index (χ1) is 13.4. The number of oxime groups is 1. The van der Waals surface area contributed by atoms with E-state index in [4.69, 9.17) is 4.84 Å². The van der Waals surface area contributed by atoms with Gasteiger partial charge in [-0.1, -0.05) is 18.5 Å². The van der Waals surface area contributed by atoms with Gasteiger partial charge in [0.1, 0.15) is 12.4 Å². The van der Waals surface area contributed by atoms with Gasteiger partial charge in [-0.25, -0.2) is 0 Å². The Labute approximate surface area is 197 Å². The number of hydrogen-bond acceptors (Lipinski definition) is 4. The molecule has 0 bridgehead atoms. The monoisotopic (exact) mass is 407 g/mol. The molecule has 0 saturated carbocycles. The fourth-order valence-electron chi connectivity index (χ4n) is 4.96. The van der Waals surface area contributed by atoms with Crippen molar-refractivity contribution in [3.05, 3.63) is 44.7 Å². The summed E-state index contributed by atoms with van der Waals surface area (Å²) in [5.74, 6) is 0.222. The number of fused-ring (bicyclic) bond motifs is 1. The SMILES string of the molecule is CCC/C(=N\OCC)C1=C(O)CC(c2c(C)c(C)c(C)c3c2CCC3)CC1=O.[NaH]. The number of allylic oxidation sites excluding steroid dienone is 2. The number of carbonyl (C=O) groups excluding carboxylic acids is 1. The van der Waals surface area contributed by atoms with Crippen LogP contribution in [0.15, 0.2) is 16.5 Å². The Morgan fingerprint density at radius 2 is 1.76 bits per heavy atom. The van der Waals surface area contributed by atoms with Crippen molar-refractivity contribution in [2.45, 2.75) is 85.5 Å². The van der Waals surface area contributed by atoms with Gasteiger partial charge in [0.2, 0.25) is 0 Å². The van der Waals surface area contributed by atoms with Crippen molar-refractivity contribution >= 4 is 41.1 Å². The third-order valence-corrected chi connectivity index (χ3v) is 6.45. The van der Waals surface area contributed by atoms with E-state index in [0.717, 1.165) is 19.3 Å². The molecule has 1 unspecified atom stereocenters. The van der Waals surface area contributed by atoms with Crippen LogP contribution in [0.3, 0.4) is 0 Å². The number of benzene rings is 1. The van der Waals surface area contributed by atoms with Crippen molar-refractivity contribution in [1.29, 1.82) is 0 Å². The molecule has 1 aromatic carbocycles. The molecule has 0 aromatic heterocycles. The Kier molecular flexibility index (Phi) is 8.57. The molecule has 2 aliphatic carbocycles. The van der Waals surface area contributed by atoms with E-state index in [-0.39, 0.29) is 47.0 Å². The number of ketones is 1. The standard InChI is InChI=1S/C24H33NO3.Na.H/c1-6-9-20(25-28-7-2)24-21(26)12-17(13-22(24)27)23-16(5)14(3)15(4)18-10-8-11-19(18)23;;/h17,26H,6-13H2,1-5H3;;/b25-20+;;. The average Bonchev–Trinajstić information content (AvgIpc) is 3.13. The van der Waals surface area contributed by atoms with E-state index >= 15 is 0 Å². The van der Waals surface area contributed by atoms with Crippen LogP contribution < -0.4 is 0 Å². The topological polar surface area (TPSA) is 58.9 Å². The number of carbonyl (C=O) groups is 1. The second kappa shape index (κ2) is 10.3. The van der Waals surface area contributed by atoms with Crippen molar-refractivity contribution in [3.63, 3.8) is 0 Å². The molecule has 2 aliphatic rings. The van der Waals surface area contributed by atoms with Gasteiger partial charge < -0.3 is 9.94 Å². The first kappa shape index (κ1) is 24.2. The molecule has 3 rings (SSSR count). The van der Waals surface area contributed by atoms with Crippen LogP contribution in [0, 0.1) is 20.8 Å². The van der Waals surface area contributed by atoms with E-state index < -0.39 is 0 Å². The fraction of sp³-hybridized carbons (Fsp3) is 0.583. The van der Waals surface area contributed by atoms with Crippen LogP contribution in [0.4, 0.5) is 0 Å². The summed E-state index contributed by atoms with van der Waals surface area (Å²) in [6.07, 6.45) is 5.82. The molecule has 0 radical (unpaired) electrons. The zero-order valence-electron chi connectivity index (χ0n) is 17.9. The first-order valence-electron chi connectivity index (χ1n) is 10.7. The van der Waals surface area contributed by atoms with Crippen LogP contribution in [0.2, 0.25) is 0 Å². The van der Waals surface area contributed by atoms with Gasteiger partial charge in [-0.3, -0.25) is 4.79 Å². The molecule has 5 heteroatoms. The summed E-state index contributed by atoms with van der Waals surface area (Å²) >= 11 is 0. The normalized spacial score (nSPS) is 19.3. The maximum atomic E-state index is 13.1. The predicted molar refractivity (Wildman–Crippen MR) is 120 cm³/mol. The van der Waals surface area contributed by atoms with Crippen LogP contribution in [-0.2, 0) is 22.5 Å². The minimum absolute atomic E-state index is 0. The van der Waals surface area contributed by atoms with E-state index in [9.17, 15) is 9.90 Å². The summed E-state index contributed by atoms with van der Waals surface area (Å²) in [4.78, 5) is 18.3. The van der Waals surface area contributed by atoms with Gasteiger partial charge in [0.05, 0.1) is 11.3 Å². The summed E-state index contributed by atoms with van der Waals surface area (Å²) in [6.45, 7) is 10.9. The number of hydrogen-bond donors (Lipinski definition) is 1. The summed E-state index contributed by atoms with van der Waals surface area (Å²) in [5.41, 5.74) is 9.25. The molecule has 154 valence electrons. The van der Waals surface area contributed by atoms with Crippen molar-refractivity contribution < 1.29 is 14.7 Å².